The quantitative estimate of drug-likeness (QED) is 0.528. The third-order valence-electron chi connectivity index (χ3n) is 4.81. The second-order valence-corrected chi connectivity index (χ2v) is 6.39. The van der Waals surface area contributed by atoms with Crippen LogP contribution in [0.15, 0.2) is 30.6 Å². The maximum Gasteiger partial charge on any atom is 0.227 e. The van der Waals surface area contributed by atoms with Crippen molar-refractivity contribution in [2.75, 3.05) is 18.0 Å². The molecule has 0 radical (unpaired) electrons. The molecule has 2 N–H and O–H groups in total. The first-order chi connectivity index (χ1) is 12.3. The summed E-state index contributed by atoms with van der Waals surface area (Å²) in [6.45, 7) is 1.71. The number of anilines is 1. The lowest BCUT2D eigenvalue weighted by molar-refractivity contribution is 0.484. The lowest BCUT2D eigenvalue weighted by atomic mass is 9.96. The summed E-state index contributed by atoms with van der Waals surface area (Å²) in [6.07, 6.45) is 5.41. The second-order valence-electron chi connectivity index (χ2n) is 6.39. The highest BCUT2D eigenvalue weighted by atomic mass is 35.5. The Morgan fingerprint density at radius 3 is 2.70 bits per heavy atom. The van der Waals surface area contributed by atoms with Gasteiger partial charge in [0.25, 0.3) is 0 Å². The van der Waals surface area contributed by atoms with Crippen molar-refractivity contribution < 1.29 is 4.39 Å². The zero-order chi connectivity index (χ0) is 16.8. The van der Waals surface area contributed by atoms with E-state index in [4.69, 9.17) is 0 Å². The molecule has 4 heterocycles. The van der Waals surface area contributed by atoms with Gasteiger partial charge in [0, 0.05) is 25.2 Å². The van der Waals surface area contributed by atoms with Crippen molar-refractivity contribution in [1.82, 2.24) is 30.1 Å². The molecule has 0 saturated carbocycles. The van der Waals surface area contributed by atoms with Crippen LogP contribution in [0.3, 0.4) is 0 Å². The molecule has 0 unspecified atom stereocenters. The van der Waals surface area contributed by atoms with E-state index >= 15 is 0 Å². The fourth-order valence-corrected chi connectivity index (χ4v) is 3.43. The SMILES string of the molecule is Cl.Cl.Fc1ccc2nc(C3CCN(c4ncc5cn[nH]c5n4)CC3)[nH]c2c1. The Morgan fingerprint density at radius 2 is 1.89 bits per heavy atom. The van der Waals surface area contributed by atoms with E-state index in [9.17, 15) is 4.39 Å². The number of hydrogen-bond acceptors (Lipinski definition) is 5. The minimum atomic E-state index is -0.246. The Morgan fingerprint density at radius 1 is 1.07 bits per heavy atom. The van der Waals surface area contributed by atoms with Crippen molar-refractivity contribution in [3.05, 3.63) is 42.2 Å². The minimum Gasteiger partial charge on any atom is -0.342 e. The van der Waals surface area contributed by atoms with Gasteiger partial charge in [-0.1, -0.05) is 0 Å². The van der Waals surface area contributed by atoms with Gasteiger partial charge in [-0.25, -0.2) is 14.4 Å². The number of fused-ring (bicyclic) bond motifs is 2. The first-order valence-corrected chi connectivity index (χ1v) is 8.32. The summed E-state index contributed by atoms with van der Waals surface area (Å²) >= 11 is 0. The van der Waals surface area contributed by atoms with Crippen molar-refractivity contribution >= 4 is 52.8 Å². The molecule has 27 heavy (non-hydrogen) atoms. The molecule has 0 atom stereocenters. The van der Waals surface area contributed by atoms with Crippen LogP contribution in [0.4, 0.5) is 10.3 Å². The van der Waals surface area contributed by atoms with Gasteiger partial charge in [0.15, 0.2) is 5.65 Å². The molecule has 1 aromatic carbocycles. The number of nitrogens with one attached hydrogen (secondary N) is 2. The Labute approximate surface area is 166 Å². The predicted octanol–water partition coefficient (Wildman–Crippen LogP) is 3.60. The average Bonchev–Trinajstić information content (AvgIpc) is 3.27. The van der Waals surface area contributed by atoms with E-state index in [1.54, 1.807) is 18.5 Å². The molecule has 1 aliphatic rings. The summed E-state index contributed by atoms with van der Waals surface area (Å²) in [5.41, 5.74) is 2.32. The van der Waals surface area contributed by atoms with E-state index in [0.29, 0.717) is 5.92 Å². The van der Waals surface area contributed by atoms with Gasteiger partial charge in [0.2, 0.25) is 5.95 Å². The lowest BCUT2D eigenvalue weighted by Gasteiger charge is -2.31. The molecule has 1 fully saturated rings. The fourth-order valence-electron chi connectivity index (χ4n) is 3.43. The highest BCUT2D eigenvalue weighted by molar-refractivity contribution is 5.85. The summed E-state index contributed by atoms with van der Waals surface area (Å²) < 4.78 is 13.3. The second kappa shape index (κ2) is 7.66. The van der Waals surface area contributed by atoms with E-state index in [0.717, 1.165) is 59.8 Å². The predicted molar refractivity (Wildman–Crippen MR) is 106 cm³/mol. The van der Waals surface area contributed by atoms with Crippen LogP contribution >= 0.6 is 24.8 Å². The molecule has 0 spiro atoms. The Hall–Kier alpha value is -2.45. The van der Waals surface area contributed by atoms with Gasteiger partial charge in [0.05, 0.1) is 22.6 Å². The summed E-state index contributed by atoms with van der Waals surface area (Å²) in [7, 11) is 0. The number of nitrogens with zero attached hydrogens (tertiary/aromatic N) is 5. The average molecular weight is 410 g/mol. The molecular formula is C17H18Cl2FN7. The maximum atomic E-state index is 13.3. The zero-order valence-electron chi connectivity index (χ0n) is 14.2. The zero-order valence-corrected chi connectivity index (χ0v) is 15.9. The van der Waals surface area contributed by atoms with E-state index in [-0.39, 0.29) is 30.6 Å². The van der Waals surface area contributed by atoms with Crippen LogP contribution in [0.1, 0.15) is 24.6 Å². The lowest BCUT2D eigenvalue weighted by Crippen LogP contribution is -2.34. The Kier molecular flexibility index (Phi) is 5.48. The number of aromatic amines is 2. The van der Waals surface area contributed by atoms with Crippen molar-refractivity contribution in [3.8, 4) is 0 Å². The number of benzene rings is 1. The molecule has 0 bridgehead atoms. The van der Waals surface area contributed by atoms with Crippen LogP contribution in [0.25, 0.3) is 22.1 Å². The molecule has 0 amide bonds. The monoisotopic (exact) mass is 409 g/mol. The third kappa shape index (κ3) is 3.54. The number of halogens is 3. The fraction of sp³-hybridized carbons (Fsp3) is 0.294. The van der Waals surface area contributed by atoms with Gasteiger partial charge in [-0.3, -0.25) is 5.10 Å². The van der Waals surface area contributed by atoms with Crippen molar-refractivity contribution in [3.63, 3.8) is 0 Å². The molecule has 0 aliphatic carbocycles. The van der Waals surface area contributed by atoms with Crippen LogP contribution in [0.2, 0.25) is 0 Å². The maximum absolute atomic E-state index is 13.3. The number of H-pyrrole nitrogens is 2. The van der Waals surface area contributed by atoms with Gasteiger partial charge >= 0.3 is 0 Å². The molecule has 7 nitrogen and oxygen atoms in total. The molecule has 1 aliphatic heterocycles. The highest BCUT2D eigenvalue weighted by Gasteiger charge is 2.24. The Bertz CT molecular complexity index is 1060. The number of aromatic nitrogens is 6. The van der Waals surface area contributed by atoms with E-state index < -0.39 is 0 Å². The normalized spacial score (nSPS) is 14.9. The largest absolute Gasteiger partial charge is 0.342 e. The van der Waals surface area contributed by atoms with Crippen LogP contribution in [-0.2, 0) is 0 Å². The van der Waals surface area contributed by atoms with E-state index in [1.807, 2.05) is 0 Å². The number of rotatable bonds is 2. The topological polar surface area (TPSA) is 86.4 Å². The van der Waals surface area contributed by atoms with Gasteiger partial charge in [0.1, 0.15) is 11.6 Å². The number of imidazole rings is 1. The smallest absolute Gasteiger partial charge is 0.227 e. The van der Waals surface area contributed by atoms with Crippen LogP contribution < -0.4 is 4.90 Å². The summed E-state index contributed by atoms with van der Waals surface area (Å²) in [5, 5.41) is 7.77. The van der Waals surface area contributed by atoms with Gasteiger partial charge < -0.3 is 9.88 Å². The van der Waals surface area contributed by atoms with E-state index in [2.05, 4.69) is 35.0 Å². The molecular weight excluding hydrogens is 392 g/mol. The van der Waals surface area contributed by atoms with Crippen LogP contribution in [-0.4, -0.2) is 43.2 Å². The minimum absolute atomic E-state index is 0. The Balaban J connectivity index is 0.00000105. The van der Waals surface area contributed by atoms with Crippen LogP contribution in [0.5, 0.6) is 0 Å². The number of hydrogen-bond donors (Lipinski definition) is 2. The number of piperidine rings is 1. The standard InChI is InChI=1S/C17H16FN7.2ClH/c18-12-1-2-13-14(7-12)22-15(21-13)10-3-5-25(6-4-10)17-19-8-11-9-20-24-16(11)23-17;;/h1-2,7-10H,3-6H2,(H,21,22)(H,19,20,23,24);2*1H. The van der Waals surface area contributed by atoms with Crippen LogP contribution in [0, 0.1) is 5.82 Å². The van der Waals surface area contributed by atoms with Crippen molar-refractivity contribution in [2.24, 2.45) is 0 Å². The first kappa shape index (κ1) is 19.3. The molecule has 142 valence electrons. The molecule has 1 saturated heterocycles. The van der Waals surface area contributed by atoms with Crippen molar-refractivity contribution in [1.29, 1.82) is 0 Å². The molecule has 3 aromatic heterocycles. The summed E-state index contributed by atoms with van der Waals surface area (Å²) in [6, 6.07) is 4.65. The molecule has 10 heteroatoms. The van der Waals surface area contributed by atoms with Gasteiger partial charge in [-0.05, 0) is 31.0 Å². The van der Waals surface area contributed by atoms with Gasteiger partial charge in [-0.2, -0.15) is 10.1 Å². The van der Waals surface area contributed by atoms with E-state index in [1.165, 1.54) is 12.1 Å². The first-order valence-electron chi connectivity index (χ1n) is 8.32. The third-order valence-corrected chi connectivity index (χ3v) is 4.81. The van der Waals surface area contributed by atoms with Crippen molar-refractivity contribution in [2.45, 2.75) is 18.8 Å². The summed E-state index contributed by atoms with van der Waals surface area (Å²) in [4.78, 5) is 19.0. The summed E-state index contributed by atoms with van der Waals surface area (Å²) in [5.74, 6) is 1.75. The van der Waals surface area contributed by atoms with Gasteiger partial charge in [-0.15, -0.1) is 24.8 Å². The molecule has 4 aromatic rings. The molecule has 5 rings (SSSR count). The highest BCUT2D eigenvalue weighted by Crippen LogP contribution is 2.29.